The Morgan fingerprint density at radius 1 is 1.28 bits per heavy atom. The van der Waals surface area contributed by atoms with Crippen LogP contribution in [0.4, 0.5) is 0 Å². The summed E-state index contributed by atoms with van der Waals surface area (Å²) < 4.78 is 24.2. The third-order valence-corrected chi connectivity index (χ3v) is 6.65. The molecule has 0 fully saturated rings. The second kappa shape index (κ2) is 9.43. The topological polar surface area (TPSA) is 116 Å². The molecule has 25 heavy (non-hydrogen) atoms. The summed E-state index contributed by atoms with van der Waals surface area (Å²) in [6.45, 7) is 4.30. The van der Waals surface area contributed by atoms with Crippen LogP contribution in [-0.2, 0) is 18.4 Å². The lowest BCUT2D eigenvalue weighted by atomic mass is 9.89. The zero-order valence-corrected chi connectivity index (χ0v) is 16.6. The Hall–Kier alpha value is -1.28. The Kier molecular flexibility index (Phi) is 8.21. The Balaban J connectivity index is 3.54. The maximum atomic E-state index is 13.1. The van der Waals surface area contributed by atoms with E-state index in [1.165, 1.54) is 6.92 Å². The highest BCUT2D eigenvalue weighted by Gasteiger charge is 2.52. The van der Waals surface area contributed by atoms with Gasteiger partial charge in [-0.1, -0.05) is 28.1 Å². The second-order valence-corrected chi connectivity index (χ2v) is 8.33. The van der Waals surface area contributed by atoms with E-state index in [-0.39, 0.29) is 13.2 Å². The maximum absolute atomic E-state index is 13.1. The summed E-state index contributed by atoms with van der Waals surface area (Å²) in [5.41, 5.74) is -1.33. The van der Waals surface area contributed by atoms with Gasteiger partial charge in [-0.05, 0) is 31.5 Å². The summed E-state index contributed by atoms with van der Waals surface area (Å²) in [5, 5.41) is 21.1. The molecule has 0 aliphatic carbocycles. The van der Waals surface area contributed by atoms with E-state index in [1.54, 1.807) is 38.1 Å². The predicted octanol–water partition coefficient (Wildman–Crippen LogP) is 3.92. The first-order chi connectivity index (χ1) is 11.7. The number of hydrogen-bond acceptors (Lipinski definition) is 6. The first-order valence-electron chi connectivity index (χ1n) is 7.68. The third kappa shape index (κ3) is 5.34. The molecule has 1 N–H and O–H groups in total. The maximum Gasteiger partial charge on any atom is 0.345 e. The van der Waals surface area contributed by atoms with Crippen LogP contribution in [0.2, 0.25) is 0 Å². The van der Waals surface area contributed by atoms with Gasteiger partial charge in [0.1, 0.15) is 0 Å². The molecule has 0 heterocycles. The first kappa shape index (κ1) is 21.8. The van der Waals surface area contributed by atoms with E-state index in [9.17, 15) is 24.6 Å². The van der Waals surface area contributed by atoms with Crippen LogP contribution in [0.25, 0.3) is 0 Å². The number of carboxylic acid groups (broad SMARTS) is 1. The number of rotatable bonds is 10. The number of aliphatic carboxylic acids is 1. The summed E-state index contributed by atoms with van der Waals surface area (Å²) in [4.78, 5) is 22.7. The van der Waals surface area contributed by atoms with Gasteiger partial charge in [0, 0.05) is 16.3 Å². The van der Waals surface area contributed by atoms with E-state index in [2.05, 4.69) is 15.9 Å². The van der Waals surface area contributed by atoms with Crippen molar-refractivity contribution < 1.29 is 28.4 Å². The highest BCUT2D eigenvalue weighted by atomic mass is 79.9. The molecule has 0 aliphatic heterocycles. The van der Waals surface area contributed by atoms with Crippen LogP contribution in [0.3, 0.4) is 0 Å². The number of hydrogen-bond donors (Lipinski definition) is 1. The molecule has 0 spiro atoms. The Bertz CT molecular complexity index is 642. The molecule has 0 aromatic heterocycles. The molecule has 0 unspecified atom stereocenters. The Morgan fingerprint density at radius 3 is 2.12 bits per heavy atom. The molecular weight excluding hydrogens is 417 g/mol. The smallest absolute Gasteiger partial charge is 0.345 e. The number of nitro groups is 1. The molecule has 3 atom stereocenters. The summed E-state index contributed by atoms with van der Waals surface area (Å²) >= 11 is 3.26. The summed E-state index contributed by atoms with van der Waals surface area (Å²) in [5.74, 6) is -2.66. The molecule has 0 bridgehead atoms. The van der Waals surface area contributed by atoms with Crippen molar-refractivity contribution in [3.8, 4) is 0 Å². The fourth-order valence-electron chi connectivity index (χ4n) is 2.58. The van der Waals surface area contributed by atoms with Gasteiger partial charge in [-0.3, -0.25) is 19.5 Å². The molecule has 140 valence electrons. The molecule has 0 radical (unpaired) electrons. The highest BCUT2D eigenvalue weighted by molar-refractivity contribution is 9.10. The second-order valence-electron chi connectivity index (χ2n) is 5.26. The van der Waals surface area contributed by atoms with Crippen molar-refractivity contribution in [3.63, 3.8) is 0 Å². The molecule has 8 nitrogen and oxygen atoms in total. The molecule has 0 amide bonds. The van der Waals surface area contributed by atoms with Crippen molar-refractivity contribution in [1.29, 1.82) is 0 Å². The van der Waals surface area contributed by atoms with Crippen LogP contribution < -0.4 is 0 Å². The van der Waals surface area contributed by atoms with Gasteiger partial charge in [0.2, 0.25) is 6.04 Å². The van der Waals surface area contributed by atoms with Gasteiger partial charge in [0.05, 0.1) is 19.1 Å². The van der Waals surface area contributed by atoms with E-state index in [4.69, 9.17) is 9.05 Å². The van der Waals surface area contributed by atoms with Gasteiger partial charge in [0.15, 0.2) is 5.66 Å². The number of nitrogens with zero attached hydrogens (tertiary/aromatic N) is 1. The van der Waals surface area contributed by atoms with Crippen molar-refractivity contribution in [3.05, 3.63) is 44.4 Å². The van der Waals surface area contributed by atoms with Gasteiger partial charge < -0.3 is 14.2 Å². The van der Waals surface area contributed by atoms with Crippen molar-refractivity contribution in [2.75, 3.05) is 13.2 Å². The molecule has 0 saturated heterocycles. The van der Waals surface area contributed by atoms with E-state index in [0.29, 0.717) is 5.56 Å². The van der Waals surface area contributed by atoms with Gasteiger partial charge in [-0.25, -0.2) is 0 Å². The number of carbonyl (C=O) groups is 1. The first-order valence-corrected chi connectivity index (χ1v) is 10.1. The number of carboxylic acids is 1. The van der Waals surface area contributed by atoms with Crippen LogP contribution >= 0.6 is 23.5 Å². The fraction of sp³-hybridized carbons (Fsp3) is 0.533. The molecule has 10 heteroatoms. The number of halogens is 1. The zero-order chi connectivity index (χ0) is 19.2. The van der Waals surface area contributed by atoms with Crippen LogP contribution in [0.15, 0.2) is 28.7 Å². The minimum Gasteiger partial charge on any atom is -0.481 e. The van der Waals surface area contributed by atoms with E-state index >= 15 is 0 Å². The molecule has 1 rings (SSSR count). The van der Waals surface area contributed by atoms with Gasteiger partial charge in [0.25, 0.3) is 0 Å². The number of benzene rings is 1. The van der Waals surface area contributed by atoms with Crippen LogP contribution in [0.1, 0.15) is 32.3 Å². The molecule has 1 aromatic carbocycles. The average Bonchev–Trinajstić information content (AvgIpc) is 2.52. The minimum atomic E-state index is -4.13. The highest BCUT2D eigenvalue weighted by Crippen LogP contribution is 2.58. The van der Waals surface area contributed by atoms with Gasteiger partial charge in [-0.15, -0.1) is 0 Å². The lowest BCUT2D eigenvalue weighted by Gasteiger charge is -2.30. The predicted molar refractivity (Wildman–Crippen MR) is 95.6 cm³/mol. The average molecular weight is 438 g/mol. The summed E-state index contributed by atoms with van der Waals surface area (Å²) in [6.07, 6.45) is 0. The summed E-state index contributed by atoms with van der Waals surface area (Å²) in [7, 11) is -4.13. The normalized spacial score (nSPS) is 15.4. The monoisotopic (exact) mass is 437 g/mol. The van der Waals surface area contributed by atoms with Crippen molar-refractivity contribution in [2.45, 2.75) is 38.4 Å². The van der Waals surface area contributed by atoms with Crippen molar-refractivity contribution in [2.24, 2.45) is 0 Å². The van der Waals surface area contributed by atoms with Crippen LogP contribution in [0, 0.1) is 10.1 Å². The molecular formula is C15H21BrNO7P. The molecule has 0 saturated carbocycles. The Labute approximate surface area is 154 Å². The van der Waals surface area contributed by atoms with Gasteiger partial charge in [-0.2, -0.15) is 0 Å². The lowest BCUT2D eigenvalue weighted by Crippen LogP contribution is -2.38. The van der Waals surface area contributed by atoms with Crippen molar-refractivity contribution >= 4 is 29.5 Å². The van der Waals surface area contributed by atoms with Crippen LogP contribution in [-0.4, -0.2) is 40.9 Å². The molecule has 1 aromatic rings. The molecule has 0 aliphatic rings. The van der Waals surface area contributed by atoms with E-state index in [1.807, 2.05) is 0 Å². The largest absolute Gasteiger partial charge is 0.481 e. The van der Waals surface area contributed by atoms with Crippen molar-refractivity contribution in [1.82, 2.24) is 0 Å². The van der Waals surface area contributed by atoms with E-state index in [0.717, 1.165) is 4.47 Å². The van der Waals surface area contributed by atoms with Gasteiger partial charge >= 0.3 is 13.6 Å². The standard InChI is InChI=1S/C15H21BrNO7P/c1-4-23-25(22,24-5-2)14(15(18)19)13(10(3)17(20)21)11-6-8-12(16)9-7-11/h6-10,13-14H,4-5H2,1-3H3,(H,18,19)/t10-,13+,14-/m1/s1. The van der Waals surface area contributed by atoms with Crippen LogP contribution in [0.5, 0.6) is 0 Å². The third-order valence-electron chi connectivity index (χ3n) is 3.66. The summed E-state index contributed by atoms with van der Waals surface area (Å²) in [6, 6.07) is 5.09. The Morgan fingerprint density at radius 2 is 1.76 bits per heavy atom. The quantitative estimate of drug-likeness (QED) is 0.334. The minimum absolute atomic E-state index is 0.0407. The fourth-order valence-corrected chi connectivity index (χ4v) is 5.05. The SMILES string of the molecule is CCOP(=O)(OCC)[C@@H](C(=O)O)[C@H](c1ccc(Br)cc1)[C@@H](C)[N+](=O)[O-]. The lowest BCUT2D eigenvalue weighted by molar-refractivity contribution is -0.522. The van der Waals surface area contributed by atoms with E-state index < -0.39 is 36.1 Å². The zero-order valence-electron chi connectivity index (χ0n) is 14.1.